The zero-order chi connectivity index (χ0) is 5.15. The van der Waals surface area contributed by atoms with Gasteiger partial charge in [0.1, 0.15) is 0 Å². The van der Waals surface area contributed by atoms with Crippen LogP contribution in [0.25, 0.3) is 0 Å². The van der Waals surface area contributed by atoms with Crippen molar-refractivity contribution in [2.24, 2.45) is 0 Å². The van der Waals surface area contributed by atoms with Crippen molar-refractivity contribution in [3.63, 3.8) is 0 Å². The summed E-state index contributed by atoms with van der Waals surface area (Å²) in [6, 6.07) is 0. The van der Waals surface area contributed by atoms with Gasteiger partial charge in [-0.25, -0.2) is 0 Å². The fraction of sp³-hybridized carbons (Fsp3) is 0.667. The molecule has 0 aliphatic heterocycles. The average molecular weight is 114 g/mol. The van der Waals surface area contributed by atoms with Crippen LogP contribution in [0.1, 0.15) is 6.92 Å². The van der Waals surface area contributed by atoms with Crippen LogP contribution in [0.15, 0.2) is 0 Å². The van der Waals surface area contributed by atoms with Gasteiger partial charge >= 0.3 is 29.6 Å². The second kappa shape index (κ2) is 4.59. The van der Waals surface area contributed by atoms with E-state index in [9.17, 15) is 9.90 Å². The molecule has 0 aromatic rings. The number of hydrogen-bond acceptors (Lipinski definition) is 3. The number of hydrogen-bond donors (Lipinski definition) is 1. The summed E-state index contributed by atoms with van der Waals surface area (Å²) in [5.41, 5.74) is 0. The number of aliphatic hydroxyl groups is 1. The predicted molar refractivity (Wildman–Crippen MR) is 16.7 cm³/mol. The van der Waals surface area contributed by atoms with Crippen LogP contribution in [0.4, 0.5) is 0 Å². The smallest absolute Gasteiger partial charge is 0.547 e. The van der Waals surface area contributed by atoms with Crippen LogP contribution in [0.2, 0.25) is 0 Å². The Hall–Kier alpha value is 0.430. The molecule has 0 bridgehead atoms. The number of rotatable bonds is 1. The van der Waals surface area contributed by atoms with Crippen molar-refractivity contribution in [3.8, 4) is 0 Å². The molecule has 3 nitrogen and oxygen atoms in total. The number of carboxylic acids is 1. The molecule has 0 aliphatic carbocycles. The van der Waals surface area contributed by atoms with Gasteiger partial charge in [-0.1, -0.05) is 0 Å². The summed E-state index contributed by atoms with van der Waals surface area (Å²) < 4.78 is 0. The topological polar surface area (TPSA) is 60.4 Å². The fourth-order valence-electron chi connectivity index (χ4n) is 0. The minimum absolute atomic E-state index is 0. The van der Waals surface area contributed by atoms with Crippen molar-refractivity contribution < 1.29 is 44.6 Å². The first kappa shape index (κ1) is 10.4. The first-order chi connectivity index (χ1) is 2.64. The Morgan fingerprint density at radius 2 is 2.00 bits per heavy atom. The van der Waals surface area contributed by atoms with Gasteiger partial charge in [-0.2, -0.15) is 0 Å². The number of carbonyl (C=O) groups is 1. The molecule has 0 saturated carbocycles. The predicted octanol–water partition coefficient (Wildman–Crippen LogP) is -4.88. The SMILES string of the molecule is [13CH3][13CH](O)C(=O)[O-].[Na+]. The van der Waals surface area contributed by atoms with Crippen LogP contribution in [0.3, 0.4) is 0 Å². The van der Waals surface area contributed by atoms with E-state index >= 15 is 0 Å². The van der Waals surface area contributed by atoms with Crippen molar-refractivity contribution in [3.05, 3.63) is 0 Å². The van der Waals surface area contributed by atoms with E-state index in [2.05, 4.69) is 0 Å². The molecule has 0 saturated heterocycles. The fourth-order valence-corrected chi connectivity index (χ4v) is 0. The van der Waals surface area contributed by atoms with E-state index in [4.69, 9.17) is 5.11 Å². The minimum Gasteiger partial charge on any atom is -0.547 e. The molecule has 1 unspecified atom stereocenters. The normalized spacial score (nSPS) is 11.7. The van der Waals surface area contributed by atoms with Gasteiger partial charge < -0.3 is 15.0 Å². The van der Waals surface area contributed by atoms with Crippen molar-refractivity contribution in [2.75, 3.05) is 0 Å². The Balaban J connectivity index is 0. The van der Waals surface area contributed by atoms with E-state index in [1.165, 1.54) is 0 Å². The van der Waals surface area contributed by atoms with E-state index < -0.39 is 12.1 Å². The molecule has 1 atom stereocenters. The average Bonchev–Trinajstić information content (AvgIpc) is 1.36. The molecule has 0 spiro atoms. The van der Waals surface area contributed by atoms with Gasteiger partial charge in [0, 0.05) is 0 Å². The molecule has 0 rings (SSSR count). The van der Waals surface area contributed by atoms with Crippen LogP contribution in [0.5, 0.6) is 0 Å². The third kappa shape index (κ3) is 6.43. The molecule has 0 fully saturated rings. The zero-order valence-electron chi connectivity index (χ0n) is 4.34. The molecule has 36 valence electrons. The third-order valence-electron chi connectivity index (χ3n) is 0.341. The van der Waals surface area contributed by atoms with Crippen LogP contribution in [-0.2, 0) is 4.79 Å². The maximum atomic E-state index is 9.34. The Morgan fingerprint density at radius 1 is 1.86 bits per heavy atom. The van der Waals surface area contributed by atoms with Crippen LogP contribution >= 0.6 is 0 Å². The Labute approximate surface area is 63.6 Å². The first-order valence-electron chi connectivity index (χ1n) is 1.53. The summed E-state index contributed by atoms with van der Waals surface area (Å²) >= 11 is 0. The number of carbonyl (C=O) groups excluding carboxylic acids is 1. The van der Waals surface area contributed by atoms with Crippen LogP contribution < -0.4 is 34.7 Å². The number of carboxylic acid groups (broad SMARTS) is 1. The van der Waals surface area contributed by atoms with Crippen LogP contribution in [0, 0.1) is 0 Å². The number of aliphatic carboxylic acids is 1. The maximum Gasteiger partial charge on any atom is 1.00 e. The van der Waals surface area contributed by atoms with Gasteiger partial charge in [0.25, 0.3) is 0 Å². The van der Waals surface area contributed by atoms with E-state index in [0.29, 0.717) is 0 Å². The molecule has 0 aliphatic rings. The Kier molecular flexibility index (Phi) is 6.82. The van der Waals surface area contributed by atoms with Crippen molar-refractivity contribution in [1.29, 1.82) is 0 Å². The van der Waals surface area contributed by atoms with Gasteiger partial charge in [-0.15, -0.1) is 0 Å². The van der Waals surface area contributed by atoms with Crippen molar-refractivity contribution in [1.82, 2.24) is 0 Å². The zero-order valence-corrected chi connectivity index (χ0v) is 6.34. The van der Waals surface area contributed by atoms with Gasteiger partial charge in [-0.3, -0.25) is 0 Å². The maximum absolute atomic E-state index is 9.34. The van der Waals surface area contributed by atoms with E-state index in [1.54, 1.807) is 0 Å². The van der Waals surface area contributed by atoms with Gasteiger partial charge in [0.2, 0.25) is 0 Å². The molecule has 0 heterocycles. The largest absolute Gasteiger partial charge is 1.00 e. The second-order valence-corrected chi connectivity index (χ2v) is 0.995. The first-order valence-corrected chi connectivity index (χ1v) is 1.53. The van der Waals surface area contributed by atoms with Crippen molar-refractivity contribution in [2.45, 2.75) is 13.0 Å². The minimum atomic E-state index is -1.44. The van der Waals surface area contributed by atoms with E-state index in [-0.39, 0.29) is 29.6 Å². The molecule has 0 radical (unpaired) electrons. The summed E-state index contributed by atoms with van der Waals surface area (Å²) in [5, 5.41) is 17.3. The van der Waals surface area contributed by atoms with Crippen LogP contribution in [-0.4, -0.2) is 17.2 Å². The number of aliphatic hydroxyl groups excluding tert-OH is 1. The molecule has 4 heteroatoms. The van der Waals surface area contributed by atoms with Crippen molar-refractivity contribution >= 4 is 5.97 Å². The molecule has 7 heavy (non-hydrogen) atoms. The summed E-state index contributed by atoms with van der Waals surface area (Å²) in [4.78, 5) is 9.34. The van der Waals surface area contributed by atoms with Gasteiger partial charge in [0.15, 0.2) is 0 Å². The second-order valence-electron chi connectivity index (χ2n) is 0.995. The molecule has 0 aromatic carbocycles. The molecular weight excluding hydrogens is 109 g/mol. The van der Waals surface area contributed by atoms with Gasteiger partial charge in [0.05, 0.1) is 12.1 Å². The summed E-state index contributed by atoms with van der Waals surface area (Å²) in [7, 11) is 0. The molecule has 1 N–H and O–H groups in total. The molecule has 0 amide bonds. The van der Waals surface area contributed by atoms with Gasteiger partial charge in [-0.05, 0) is 6.92 Å². The third-order valence-corrected chi connectivity index (χ3v) is 0.341. The molecular formula is C3H5NaO3. The monoisotopic (exact) mass is 114 g/mol. The molecule has 0 aromatic heterocycles. The van der Waals surface area contributed by atoms with E-state index in [0.717, 1.165) is 6.92 Å². The quantitative estimate of drug-likeness (QED) is 0.274. The Bertz CT molecular complexity index is 61.2. The Morgan fingerprint density at radius 3 is 2.00 bits per heavy atom. The van der Waals surface area contributed by atoms with E-state index in [1.807, 2.05) is 0 Å². The summed E-state index contributed by atoms with van der Waals surface area (Å²) in [6.45, 7) is 1.13. The summed E-state index contributed by atoms with van der Waals surface area (Å²) in [5.74, 6) is -1.44. The summed E-state index contributed by atoms with van der Waals surface area (Å²) in [6.07, 6.45) is -1.34. The standard InChI is InChI=1S/C3H6O3.Na/c1-2(4)3(5)6;/h2,4H,1H3,(H,5,6);/q;+1/p-1/i1+1,2+1;.